The minimum Gasteiger partial charge on any atom is -0.351 e. The van der Waals surface area contributed by atoms with Crippen LogP contribution in [0, 0.1) is 5.92 Å². The Bertz CT molecular complexity index is 283. The van der Waals surface area contributed by atoms with Crippen molar-refractivity contribution in [3.63, 3.8) is 0 Å². The molecule has 5 nitrogen and oxygen atoms in total. The SMILES string of the molecule is CC(C)(C)NC(=O)C1CC(=O)N(CCN)C1. The Labute approximate surface area is 96.4 Å². The number of hydrogen-bond donors (Lipinski definition) is 2. The molecule has 3 N–H and O–H groups in total. The van der Waals surface area contributed by atoms with Gasteiger partial charge in [0.1, 0.15) is 0 Å². The third kappa shape index (κ3) is 3.48. The minimum atomic E-state index is -0.249. The van der Waals surface area contributed by atoms with Gasteiger partial charge >= 0.3 is 0 Å². The van der Waals surface area contributed by atoms with Gasteiger partial charge in [-0.2, -0.15) is 0 Å². The molecule has 0 radical (unpaired) electrons. The molecule has 1 aliphatic heterocycles. The highest BCUT2D eigenvalue weighted by atomic mass is 16.2. The summed E-state index contributed by atoms with van der Waals surface area (Å²) in [7, 11) is 0. The maximum atomic E-state index is 11.8. The highest BCUT2D eigenvalue weighted by Gasteiger charge is 2.34. The van der Waals surface area contributed by atoms with Crippen LogP contribution in [0.25, 0.3) is 0 Å². The maximum Gasteiger partial charge on any atom is 0.225 e. The second-order valence-corrected chi connectivity index (χ2v) is 5.27. The van der Waals surface area contributed by atoms with Crippen LogP contribution in [-0.4, -0.2) is 41.9 Å². The molecule has 0 spiro atoms. The van der Waals surface area contributed by atoms with Crippen LogP contribution in [0.3, 0.4) is 0 Å². The van der Waals surface area contributed by atoms with Crippen LogP contribution < -0.4 is 11.1 Å². The molecular formula is C11H21N3O2. The van der Waals surface area contributed by atoms with Crippen LogP contribution in [0.15, 0.2) is 0 Å². The predicted molar refractivity (Wildman–Crippen MR) is 61.6 cm³/mol. The lowest BCUT2D eigenvalue weighted by molar-refractivity contribution is -0.129. The van der Waals surface area contributed by atoms with E-state index in [-0.39, 0.29) is 23.3 Å². The summed E-state index contributed by atoms with van der Waals surface area (Å²) in [6, 6.07) is 0. The predicted octanol–water partition coefficient (Wildman–Crippen LogP) is -0.292. The zero-order chi connectivity index (χ0) is 12.3. The summed E-state index contributed by atoms with van der Waals surface area (Å²) in [5.41, 5.74) is 5.15. The molecule has 5 heteroatoms. The van der Waals surface area contributed by atoms with Gasteiger partial charge in [0.25, 0.3) is 0 Å². The van der Waals surface area contributed by atoms with Gasteiger partial charge < -0.3 is 16.0 Å². The lowest BCUT2D eigenvalue weighted by Crippen LogP contribution is -2.44. The molecule has 1 heterocycles. The van der Waals surface area contributed by atoms with E-state index in [0.29, 0.717) is 26.1 Å². The molecule has 92 valence electrons. The number of nitrogens with zero attached hydrogens (tertiary/aromatic N) is 1. The van der Waals surface area contributed by atoms with Crippen molar-refractivity contribution < 1.29 is 9.59 Å². The zero-order valence-electron chi connectivity index (χ0n) is 10.2. The average Bonchev–Trinajstić information content (AvgIpc) is 2.46. The van der Waals surface area contributed by atoms with E-state index < -0.39 is 0 Å². The number of hydrogen-bond acceptors (Lipinski definition) is 3. The topological polar surface area (TPSA) is 75.4 Å². The van der Waals surface area contributed by atoms with Gasteiger partial charge in [0.2, 0.25) is 11.8 Å². The van der Waals surface area contributed by atoms with Crippen LogP contribution in [0.5, 0.6) is 0 Å². The van der Waals surface area contributed by atoms with E-state index in [1.165, 1.54) is 0 Å². The number of likely N-dealkylation sites (tertiary alicyclic amines) is 1. The summed E-state index contributed by atoms with van der Waals surface area (Å²) in [5.74, 6) is -0.238. The van der Waals surface area contributed by atoms with Gasteiger partial charge in [0.15, 0.2) is 0 Å². The Kier molecular flexibility index (Phi) is 3.91. The molecular weight excluding hydrogens is 206 g/mol. The average molecular weight is 227 g/mol. The molecule has 1 unspecified atom stereocenters. The van der Waals surface area contributed by atoms with Crippen molar-refractivity contribution in [3.05, 3.63) is 0 Å². The summed E-state index contributed by atoms with van der Waals surface area (Å²) < 4.78 is 0. The van der Waals surface area contributed by atoms with E-state index in [4.69, 9.17) is 5.73 Å². The second kappa shape index (κ2) is 4.82. The molecule has 0 aliphatic carbocycles. The van der Waals surface area contributed by atoms with E-state index in [0.717, 1.165) is 0 Å². The molecule has 16 heavy (non-hydrogen) atoms. The Morgan fingerprint density at radius 2 is 2.19 bits per heavy atom. The quantitative estimate of drug-likeness (QED) is 0.695. The first-order valence-electron chi connectivity index (χ1n) is 5.63. The second-order valence-electron chi connectivity index (χ2n) is 5.27. The third-order valence-electron chi connectivity index (χ3n) is 2.48. The third-order valence-corrected chi connectivity index (χ3v) is 2.48. The van der Waals surface area contributed by atoms with Crippen LogP contribution in [0.4, 0.5) is 0 Å². The van der Waals surface area contributed by atoms with Crippen LogP contribution in [0.1, 0.15) is 27.2 Å². The lowest BCUT2D eigenvalue weighted by Gasteiger charge is -2.23. The van der Waals surface area contributed by atoms with Gasteiger partial charge in [0, 0.05) is 31.6 Å². The van der Waals surface area contributed by atoms with Crippen LogP contribution in [-0.2, 0) is 9.59 Å². The molecule has 1 atom stereocenters. The maximum absolute atomic E-state index is 11.8. The molecule has 0 bridgehead atoms. The Balaban J connectivity index is 2.52. The summed E-state index contributed by atoms with van der Waals surface area (Å²) in [6.45, 7) is 7.27. The first kappa shape index (κ1) is 13.0. The molecule has 0 aromatic rings. The van der Waals surface area contributed by atoms with Crippen molar-refractivity contribution in [1.29, 1.82) is 0 Å². The van der Waals surface area contributed by atoms with Crippen molar-refractivity contribution in [3.8, 4) is 0 Å². The van der Waals surface area contributed by atoms with E-state index in [9.17, 15) is 9.59 Å². The zero-order valence-corrected chi connectivity index (χ0v) is 10.2. The van der Waals surface area contributed by atoms with E-state index in [1.54, 1.807) is 4.90 Å². The van der Waals surface area contributed by atoms with E-state index in [1.807, 2.05) is 20.8 Å². The number of rotatable bonds is 3. The lowest BCUT2D eigenvalue weighted by atomic mass is 10.0. The standard InChI is InChI=1S/C11H21N3O2/c1-11(2,3)13-10(16)8-6-9(15)14(7-8)5-4-12/h8H,4-7,12H2,1-3H3,(H,13,16). The van der Waals surface area contributed by atoms with Crippen LogP contribution >= 0.6 is 0 Å². The molecule has 1 saturated heterocycles. The van der Waals surface area contributed by atoms with E-state index >= 15 is 0 Å². The van der Waals surface area contributed by atoms with Crippen molar-refractivity contribution in [1.82, 2.24) is 10.2 Å². The first-order valence-corrected chi connectivity index (χ1v) is 5.63. The molecule has 0 aromatic carbocycles. The number of amides is 2. The van der Waals surface area contributed by atoms with Gasteiger partial charge in [-0.3, -0.25) is 9.59 Å². The highest BCUT2D eigenvalue weighted by molar-refractivity contribution is 5.89. The Morgan fingerprint density at radius 3 is 2.69 bits per heavy atom. The van der Waals surface area contributed by atoms with Crippen molar-refractivity contribution >= 4 is 11.8 Å². The van der Waals surface area contributed by atoms with Crippen molar-refractivity contribution in [2.24, 2.45) is 11.7 Å². The Hall–Kier alpha value is -1.10. The number of nitrogens with one attached hydrogen (secondary N) is 1. The highest BCUT2D eigenvalue weighted by Crippen LogP contribution is 2.18. The monoisotopic (exact) mass is 227 g/mol. The molecule has 2 amide bonds. The molecule has 1 rings (SSSR count). The summed E-state index contributed by atoms with van der Waals surface area (Å²) >= 11 is 0. The fourth-order valence-corrected chi connectivity index (χ4v) is 1.79. The molecule has 0 aromatic heterocycles. The van der Waals surface area contributed by atoms with Crippen LogP contribution in [0.2, 0.25) is 0 Å². The van der Waals surface area contributed by atoms with Gasteiger partial charge in [-0.15, -0.1) is 0 Å². The summed E-state index contributed by atoms with van der Waals surface area (Å²) in [4.78, 5) is 25.0. The van der Waals surface area contributed by atoms with Gasteiger partial charge in [-0.25, -0.2) is 0 Å². The molecule has 0 saturated carbocycles. The summed E-state index contributed by atoms with van der Waals surface area (Å²) in [5, 5.41) is 2.90. The summed E-state index contributed by atoms with van der Waals surface area (Å²) in [6.07, 6.45) is 0.307. The first-order chi connectivity index (χ1) is 7.33. The smallest absolute Gasteiger partial charge is 0.225 e. The minimum absolute atomic E-state index is 0.0273. The Morgan fingerprint density at radius 1 is 1.56 bits per heavy atom. The number of nitrogens with two attached hydrogens (primary N) is 1. The number of carbonyl (C=O) groups excluding carboxylic acids is 2. The fourth-order valence-electron chi connectivity index (χ4n) is 1.79. The fraction of sp³-hybridized carbons (Fsp3) is 0.818. The van der Waals surface area contributed by atoms with Crippen molar-refractivity contribution in [2.45, 2.75) is 32.7 Å². The van der Waals surface area contributed by atoms with E-state index in [2.05, 4.69) is 5.32 Å². The normalized spacial score (nSPS) is 21.4. The molecule has 1 aliphatic rings. The largest absolute Gasteiger partial charge is 0.351 e. The van der Waals surface area contributed by atoms with Gasteiger partial charge in [0.05, 0.1) is 5.92 Å². The van der Waals surface area contributed by atoms with Crippen molar-refractivity contribution in [2.75, 3.05) is 19.6 Å². The van der Waals surface area contributed by atoms with Gasteiger partial charge in [-0.05, 0) is 20.8 Å². The number of carbonyl (C=O) groups is 2. The van der Waals surface area contributed by atoms with Gasteiger partial charge in [-0.1, -0.05) is 0 Å². The molecule has 1 fully saturated rings.